The predicted molar refractivity (Wildman–Crippen MR) is 70.6 cm³/mol. The van der Waals surface area contributed by atoms with Crippen LogP contribution in [-0.4, -0.2) is 9.97 Å². The van der Waals surface area contributed by atoms with Crippen LogP contribution in [0.3, 0.4) is 0 Å². The van der Waals surface area contributed by atoms with Crippen LogP contribution in [0.2, 0.25) is 0 Å². The number of pyridine rings is 1. The molecule has 1 N–H and O–H groups in total. The highest BCUT2D eigenvalue weighted by Crippen LogP contribution is 2.27. The Morgan fingerprint density at radius 3 is 2.57 bits per heavy atom. The SMILES string of the molecule is FC(F)(F)c1ccc(CNc2nc3ccccc3o2)cn1. The molecule has 0 bridgehead atoms. The fourth-order valence-corrected chi connectivity index (χ4v) is 1.82. The Labute approximate surface area is 117 Å². The molecule has 0 aliphatic carbocycles. The van der Waals surface area contributed by atoms with Gasteiger partial charge in [-0.3, -0.25) is 4.98 Å². The molecule has 4 nitrogen and oxygen atoms in total. The molecule has 0 unspecified atom stereocenters. The van der Waals surface area contributed by atoms with Crippen LogP contribution in [0.1, 0.15) is 11.3 Å². The Kier molecular flexibility index (Phi) is 3.25. The van der Waals surface area contributed by atoms with Crippen molar-refractivity contribution < 1.29 is 17.6 Å². The molecule has 1 aromatic carbocycles. The van der Waals surface area contributed by atoms with Crippen LogP contribution in [0.15, 0.2) is 47.0 Å². The van der Waals surface area contributed by atoms with Crippen LogP contribution < -0.4 is 5.32 Å². The molecule has 21 heavy (non-hydrogen) atoms. The summed E-state index contributed by atoms with van der Waals surface area (Å²) in [6.07, 6.45) is -3.25. The molecule has 3 rings (SSSR count). The minimum atomic E-state index is -4.42. The van der Waals surface area contributed by atoms with Crippen molar-refractivity contribution in [2.45, 2.75) is 12.7 Å². The minimum Gasteiger partial charge on any atom is -0.424 e. The molecule has 0 saturated heterocycles. The van der Waals surface area contributed by atoms with E-state index in [0.717, 1.165) is 6.07 Å². The first-order valence-electron chi connectivity index (χ1n) is 6.14. The number of nitrogens with one attached hydrogen (secondary N) is 1. The monoisotopic (exact) mass is 293 g/mol. The summed E-state index contributed by atoms with van der Waals surface area (Å²) in [7, 11) is 0. The van der Waals surface area contributed by atoms with E-state index in [2.05, 4.69) is 15.3 Å². The van der Waals surface area contributed by atoms with Crippen molar-refractivity contribution in [3.8, 4) is 0 Å². The number of alkyl halides is 3. The Hall–Kier alpha value is -2.57. The normalized spacial score (nSPS) is 11.8. The van der Waals surface area contributed by atoms with Crippen LogP contribution in [0.25, 0.3) is 11.1 Å². The molecular formula is C14H10F3N3O. The van der Waals surface area contributed by atoms with E-state index in [1.165, 1.54) is 12.3 Å². The Morgan fingerprint density at radius 1 is 1.10 bits per heavy atom. The second kappa shape index (κ2) is 5.08. The average molecular weight is 293 g/mol. The summed E-state index contributed by atoms with van der Waals surface area (Å²) in [4.78, 5) is 7.60. The lowest BCUT2D eigenvalue weighted by molar-refractivity contribution is -0.141. The summed E-state index contributed by atoms with van der Waals surface area (Å²) in [5, 5.41) is 2.91. The third-order valence-electron chi connectivity index (χ3n) is 2.85. The van der Waals surface area contributed by atoms with E-state index in [9.17, 15) is 13.2 Å². The summed E-state index contributed by atoms with van der Waals surface area (Å²) < 4.78 is 42.6. The van der Waals surface area contributed by atoms with E-state index < -0.39 is 11.9 Å². The summed E-state index contributed by atoms with van der Waals surface area (Å²) in [6, 6.07) is 9.90. The fourth-order valence-electron chi connectivity index (χ4n) is 1.82. The summed E-state index contributed by atoms with van der Waals surface area (Å²) in [6.45, 7) is 0.276. The van der Waals surface area contributed by atoms with Crippen LogP contribution in [-0.2, 0) is 12.7 Å². The van der Waals surface area contributed by atoms with E-state index in [1.54, 1.807) is 6.07 Å². The standard InChI is InChI=1S/C14H10F3N3O/c15-14(16,17)12-6-5-9(7-18-12)8-19-13-20-10-3-1-2-4-11(10)21-13/h1-7H,8H2,(H,19,20). The maximum Gasteiger partial charge on any atom is 0.433 e. The number of oxazole rings is 1. The zero-order valence-corrected chi connectivity index (χ0v) is 10.7. The molecule has 0 radical (unpaired) electrons. The number of anilines is 1. The number of para-hydroxylation sites is 2. The zero-order valence-electron chi connectivity index (χ0n) is 10.7. The maximum atomic E-state index is 12.4. The number of hydrogen-bond acceptors (Lipinski definition) is 4. The Balaban J connectivity index is 1.69. The molecule has 3 aromatic rings. The van der Waals surface area contributed by atoms with Gasteiger partial charge < -0.3 is 9.73 Å². The number of nitrogens with zero attached hydrogens (tertiary/aromatic N) is 2. The largest absolute Gasteiger partial charge is 0.433 e. The summed E-state index contributed by atoms with van der Waals surface area (Å²) >= 11 is 0. The Bertz CT molecular complexity index is 717. The highest BCUT2D eigenvalue weighted by molar-refractivity contribution is 5.74. The Morgan fingerprint density at radius 2 is 1.90 bits per heavy atom. The average Bonchev–Trinajstić information content (AvgIpc) is 2.87. The lowest BCUT2D eigenvalue weighted by Crippen LogP contribution is -2.08. The number of aromatic nitrogens is 2. The van der Waals surface area contributed by atoms with Crippen molar-refractivity contribution in [2.75, 3.05) is 5.32 Å². The molecule has 108 valence electrons. The number of fused-ring (bicyclic) bond motifs is 1. The van der Waals surface area contributed by atoms with Gasteiger partial charge in [0.25, 0.3) is 6.01 Å². The molecule has 0 fully saturated rings. The predicted octanol–water partition coefficient (Wildman–Crippen LogP) is 3.85. The van der Waals surface area contributed by atoms with Gasteiger partial charge in [-0.15, -0.1) is 0 Å². The van der Waals surface area contributed by atoms with E-state index in [0.29, 0.717) is 22.7 Å². The van der Waals surface area contributed by atoms with Gasteiger partial charge in [-0.2, -0.15) is 18.2 Å². The lowest BCUT2D eigenvalue weighted by atomic mass is 10.2. The van der Waals surface area contributed by atoms with Gasteiger partial charge in [0, 0.05) is 12.7 Å². The van der Waals surface area contributed by atoms with Crippen LogP contribution >= 0.6 is 0 Å². The van der Waals surface area contributed by atoms with E-state index in [4.69, 9.17) is 4.42 Å². The number of halogens is 3. The van der Waals surface area contributed by atoms with E-state index in [1.807, 2.05) is 18.2 Å². The smallest absolute Gasteiger partial charge is 0.424 e. The quantitative estimate of drug-likeness (QED) is 0.796. The highest BCUT2D eigenvalue weighted by atomic mass is 19.4. The molecule has 2 heterocycles. The molecule has 0 aliphatic heterocycles. The van der Waals surface area contributed by atoms with Crippen molar-refractivity contribution in [3.63, 3.8) is 0 Å². The minimum absolute atomic E-state index is 0.276. The van der Waals surface area contributed by atoms with Gasteiger partial charge in [-0.1, -0.05) is 18.2 Å². The number of rotatable bonds is 3. The first kappa shape index (κ1) is 13.4. The topological polar surface area (TPSA) is 51.0 Å². The third kappa shape index (κ3) is 2.96. The van der Waals surface area contributed by atoms with Crippen molar-refractivity contribution >= 4 is 17.1 Å². The van der Waals surface area contributed by atoms with E-state index >= 15 is 0 Å². The van der Waals surface area contributed by atoms with Gasteiger partial charge in [0.05, 0.1) is 0 Å². The third-order valence-corrected chi connectivity index (χ3v) is 2.85. The number of benzene rings is 1. The zero-order chi connectivity index (χ0) is 14.9. The van der Waals surface area contributed by atoms with Gasteiger partial charge >= 0.3 is 6.18 Å². The second-order valence-corrected chi connectivity index (χ2v) is 4.39. The number of hydrogen-bond donors (Lipinski definition) is 1. The van der Waals surface area contributed by atoms with Crippen LogP contribution in [0, 0.1) is 0 Å². The first-order chi connectivity index (χ1) is 10.0. The van der Waals surface area contributed by atoms with Crippen molar-refractivity contribution in [2.24, 2.45) is 0 Å². The fraction of sp³-hybridized carbons (Fsp3) is 0.143. The van der Waals surface area contributed by atoms with Gasteiger partial charge in [-0.25, -0.2) is 0 Å². The van der Waals surface area contributed by atoms with Crippen molar-refractivity contribution in [1.29, 1.82) is 0 Å². The molecule has 0 aliphatic rings. The highest BCUT2D eigenvalue weighted by Gasteiger charge is 2.31. The molecule has 2 aromatic heterocycles. The van der Waals surface area contributed by atoms with Crippen molar-refractivity contribution in [1.82, 2.24) is 9.97 Å². The summed E-state index contributed by atoms with van der Waals surface area (Å²) in [5.41, 5.74) is 1.05. The molecule has 0 spiro atoms. The van der Waals surface area contributed by atoms with Gasteiger partial charge in [0.15, 0.2) is 5.58 Å². The molecule has 0 atom stereocenters. The van der Waals surface area contributed by atoms with Gasteiger partial charge in [-0.05, 0) is 23.8 Å². The second-order valence-electron chi connectivity index (χ2n) is 4.39. The van der Waals surface area contributed by atoms with Gasteiger partial charge in [0.2, 0.25) is 0 Å². The van der Waals surface area contributed by atoms with Crippen LogP contribution in [0.5, 0.6) is 0 Å². The molecular weight excluding hydrogens is 283 g/mol. The maximum absolute atomic E-state index is 12.4. The molecule has 0 amide bonds. The van der Waals surface area contributed by atoms with Gasteiger partial charge in [0.1, 0.15) is 11.2 Å². The first-order valence-corrected chi connectivity index (χ1v) is 6.14. The molecule has 0 saturated carbocycles. The lowest BCUT2D eigenvalue weighted by Gasteiger charge is -2.06. The molecule has 7 heteroatoms. The van der Waals surface area contributed by atoms with E-state index in [-0.39, 0.29) is 6.54 Å². The summed E-state index contributed by atoms with van der Waals surface area (Å²) in [5.74, 6) is 0. The van der Waals surface area contributed by atoms with Crippen LogP contribution in [0.4, 0.5) is 19.2 Å². The van der Waals surface area contributed by atoms with Crippen molar-refractivity contribution in [3.05, 3.63) is 53.9 Å².